The first kappa shape index (κ1) is 17.1. The maximum Gasteiger partial charge on any atom is 0.270 e. The summed E-state index contributed by atoms with van der Waals surface area (Å²) in [4.78, 5) is 10.4. The minimum absolute atomic E-state index is 0.0403. The Balaban J connectivity index is 1.64. The molecular weight excluding hydrogens is 376 g/mol. The van der Waals surface area contributed by atoms with Gasteiger partial charge in [-0.25, -0.2) is 0 Å². The lowest BCUT2D eigenvalue weighted by Gasteiger charge is -2.25. The molecular formula is C17H19BrN2O4. The van der Waals surface area contributed by atoms with Gasteiger partial charge in [-0.15, -0.1) is 0 Å². The molecule has 1 heterocycles. The first-order valence-electron chi connectivity index (χ1n) is 7.97. The topological polar surface area (TPSA) is 88.5 Å². The second-order valence-electron chi connectivity index (χ2n) is 6.07. The molecule has 1 aliphatic carbocycles. The van der Waals surface area contributed by atoms with Gasteiger partial charge in [-0.3, -0.25) is 10.1 Å². The van der Waals surface area contributed by atoms with E-state index in [1.165, 1.54) is 12.1 Å². The van der Waals surface area contributed by atoms with Crippen molar-refractivity contribution in [1.29, 1.82) is 0 Å². The average molecular weight is 395 g/mol. The molecule has 1 aromatic heterocycles. The number of rotatable bonds is 5. The number of hydrogen-bond acceptors (Lipinski definition) is 5. The fraction of sp³-hybridized carbons (Fsp3) is 0.412. The average Bonchev–Trinajstić information content (AvgIpc) is 3.03. The summed E-state index contributed by atoms with van der Waals surface area (Å²) in [6, 6.07) is 8.81. The Bertz CT molecular complexity index is 723. The fourth-order valence-corrected chi connectivity index (χ4v) is 3.52. The first-order chi connectivity index (χ1) is 11.5. The van der Waals surface area contributed by atoms with Gasteiger partial charge >= 0.3 is 0 Å². The summed E-state index contributed by atoms with van der Waals surface area (Å²) in [5, 5.41) is 23.8. The molecule has 0 unspecified atom stereocenters. The molecule has 0 bridgehead atoms. The molecule has 7 heteroatoms. The summed E-state index contributed by atoms with van der Waals surface area (Å²) in [5.41, 5.74) is 0.825. The van der Waals surface area contributed by atoms with Crippen LogP contribution in [0.4, 0.5) is 5.69 Å². The number of nitro groups is 1. The van der Waals surface area contributed by atoms with E-state index in [1.54, 1.807) is 6.07 Å². The monoisotopic (exact) mass is 394 g/mol. The predicted molar refractivity (Wildman–Crippen MR) is 93.6 cm³/mol. The number of nitrogens with zero attached hydrogens (tertiary/aromatic N) is 1. The van der Waals surface area contributed by atoms with Crippen molar-refractivity contribution < 1.29 is 14.4 Å². The van der Waals surface area contributed by atoms with E-state index in [0.717, 1.165) is 37.0 Å². The largest absolute Gasteiger partial charge is 0.460 e. The van der Waals surface area contributed by atoms with Crippen LogP contribution in [0.1, 0.15) is 31.4 Å². The van der Waals surface area contributed by atoms with E-state index in [1.807, 2.05) is 12.1 Å². The number of aliphatic hydroxyl groups excluding tert-OH is 1. The molecule has 1 saturated carbocycles. The zero-order valence-corrected chi connectivity index (χ0v) is 14.7. The van der Waals surface area contributed by atoms with Gasteiger partial charge < -0.3 is 14.8 Å². The first-order valence-corrected chi connectivity index (χ1v) is 8.76. The van der Waals surface area contributed by atoms with Crippen LogP contribution in [-0.4, -0.2) is 22.2 Å². The zero-order valence-electron chi connectivity index (χ0n) is 13.1. The molecule has 2 N–H and O–H groups in total. The van der Waals surface area contributed by atoms with E-state index >= 15 is 0 Å². The fourth-order valence-electron chi connectivity index (χ4n) is 2.96. The van der Waals surface area contributed by atoms with Crippen molar-refractivity contribution in [3.63, 3.8) is 0 Å². The number of benzene rings is 1. The standard InChI is InChI=1S/C17H19BrN2O4/c18-16-9-12(20(22)23)3-7-15(16)17-8-6-14(24-17)10-19-11-1-4-13(21)5-2-11/h3,6-9,11,13,19,21H,1-2,4-5,10H2. The van der Waals surface area contributed by atoms with Gasteiger partial charge in [0.25, 0.3) is 5.69 Å². The maximum atomic E-state index is 10.8. The summed E-state index contributed by atoms with van der Waals surface area (Å²) >= 11 is 3.36. The Kier molecular flexibility index (Phi) is 5.33. The second kappa shape index (κ2) is 7.46. The molecule has 0 amide bonds. The SMILES string of the molecule is O=[N+]([O-])c1ccc(-c2ccc(CNC3CCC(O)CC3)o2)c(Br)c1. The maximum absolute atomic E-state index is 10.8. The van der Waals surface area contributed by atoms with Crippen LogP contribution in [0.3, 0.4) is 0 Å². The van der Waals surface area contributed by atoms with Crippen molar-refractivity contribution in [1.82, 2.24) is 5.32 Å². The highest BCUT2D eigenvalue weighted by atomic mass is 79.9. The van der Waals surface area contributed by atoms with Gasteiger partial charge in [0.05, 0.1) is 17.6 Å². The number of furan rings is 1. The van der Waals surface area contributed by atoms with Gasteiger partial charge in [-0.1, -0.05) is 0 Å². The molecule has 24 heavy (non-hydrogen) atoms. The molecule has 0 atom stereocenters. The van der Waals surface area contributed by atoms with Gasteiger partial charge in [0.1, 0.15) is 11.5 Å². The number of hydrogen-bond donors (Lipinski definition) is 2. The van der Waals surface area contributed by atoms with Gasteiger partial charge in [0.2, 0.25) is 0 Å². The third kappa shape index (κ3) is 4.03. The lowest BCUT2D eigenvalue weighted by Crippen LogP contribution is -2.34. The highest BCUT2D eigenvalue weighted by Gasteiger charge is 2.19. The third-order valence-corrected chi connectivity index (χ3v) is 5.01. The number of nitro benzene ring substituents is 1. The van der Waals surface area contributed by atoms with Gasteiger partial charge in [-0.2, -0.15) is 0 Å². The number of halogens is 1. The molecule has 0 radical (unpaired) electrons. The van der Waals surface area contributed by atoms with Crippen LogP contribution in [0.25, 0.3) is 11.3 Å². The smallest absolute Gasteiger partial charge is 0.270 e. The number of nitrogens with one attached hydrogen (secondary N) is 1. The van der Waals surface area contributed by atoms with Crippen molar-refractivity contribution in [2.24, 2.45) is 0 Å². The summed E-state index contributed by atoms with van der Waals surface area (Å²) in [5.74, 6) is 1.49. The summed E-state index contributed by atoms with van der Waals surface area (Å²) in [6.07, 6.45) is 3.48. The second-order valence-corrected chi connectivity index (χ2v) is 6.93. The van der Waals surface area contributed by atoms with Crippen LogP contribution in [0, 0.1) is 10.1 Å². The lowest BCUT2D eigenvalue weighted by molar-refractivity contribution is -0.384. The Morgan fingerprint density at radius 2 is 2.00 bits per heavy atom. The van der Waals surface area contributed by atoms with Crippen LogP contribution in [-0.2, 0) is 6.54 Å². The van der Waals surface area contributed by atoms with E-state index in [9.17, 15) is 15.2 Å². The van der Waals surface area contributed by atoms with Crippen LogP contribution < -0.4 is 5.32 Å². The normalized spacial score (nSPS) is 20.9. The molecule has 128 valence electrons. The summed E-state index contributed by atoms with van der Waals surface area (Å²) < 4.78 is 6.48. The van der Waals surface area contributed by atoms with Crippen LogP contribution in [0.15, 0.2) is 39.2 Å². The van der Waals surface area contributed by atoms with Crippen molar-refractivity contribution in [2.75, 3.05) is 0 Å². The highest BCUT2D eigenvalue weighted by Crippen LogP contribution is 2.32. The van der Waals surface area contributed by atoms with Crippen LogP contribution in [0.2, 0.25) is 0 Å². The molecule has 1 fully saturated rings. The van der Waals surface area contributed by atoms with E-state index < -0.39 is 4.92 Å². The molecule has 0 saturated heterocycles. The van der Waals surface area contributed by atoms with E-state index in [2.05, 4.69) is 21.2 Å². The van der Waals surface area contributed by atoms with Crippen LogP contribution >= 0.6 is 15.9 Å². The summed E-state index contributed by atoms with van der Waals surface area (Å²) in [7, 11) is 0. The van der Waals surface area contributed by atoms with Crippen LogP contribution in [0.5, 0.6) is 0 Å². The molecule has 0 aliphatic heterocycles. The summed E-state index contributed by atoms with van der Waals surface area (Å²) in [6.45, 7) is 0.630. The Labute approximate surface area is 148 Å². The number of aliphatic hydroxyl groups is 1. The van der Waals surface area contributed by atoms with E-state index in [4.69, 9.17) is 4.42 Å². The van der Waals surface area contributed by atoms with Crippen molar-refractivity contribution in [3.8, 4) is 11.3 Å². The van der Waals surface area contributed by atoms with Gasteiger partial charge in [0, 0.05) is 28.2 Å². The quantitative estimate of drug-likeness (QED) is 0.590. The Hall–Kier alpha value is -1.70. The Morgan fingerprint density at radius 3 is 2.67 bits per heavy atom. The van der Waals surface area contributed by atoms with Crippen molar-refractivity contribution >= 4 is 21.6 Å². The molecule has 2 aromatic rings. The number of non-ortho nitro benzene ring substituents is 1. The van der Waals surface area contributed by atoms with Gasteiger partial charge in [0.15, 0.2) is 0 Å². The molecule has 3 rings (SSSR count). The predicted octanol–water partition coefficient (Wildman–Crippen LogP) is 4.01. The van der Waals surface area contributed by atoms with Gasteiger partial charge in [-0.05, 0) is 59.8 Å². The van der Waals surface area contributed by atoms with Crippen molar-refractivity contribution in [3.05, 3.63) is 50.7 Å². The minimum Gasteiger partial charge on any atom is -0.460 e. The molecule has 1 aliphatic rings. The van der Waals surface area contributed by atoms with E-state index in [0.29, 0.717) is 22.8 Å². The minimum atomic E-state index is -0.423. The molecule has 0 spiro atoms. The van der Waals surface area contributed by atoms with Crippen molar-refractivity contribution in [2.45, 2.75) is 44.4 Å². The molecule has 1 aromatic carbocycles. The van der Waals surface area contributed by atoms with E-state index in [-0.39, 0.29) is 11.8 Å². The lowest BCUT2D eigenvalue weighted by atomic mass is 9.93. The Morgan fingerprint density at radius 1 is 1.25 bits per heavy atom. The highest BCUT2D eigenvalue weighted by molar-refractivity contribution is 9.10. The third-order valence-electron chi connectivity index (χ3n) is 4.35. The molecule has 6 nitrogen and oxygen atoms in total. The zero-order chi connectivity index (χ0) is 17.1.